The van der Waals surface area contributed by atoms with Gasteiger partial charge in [-0.1, -0.05) is 41.7 Å². The molecule has 3 heterocycles. The third-order valence-electron chi connectivity index (χ3n) is 5.89. The summed E-state index contributed by atoms with van der Waals surface area (Å²) in [5, 5.41) is 8.71. The van der Waals surface area contributed by atoms with Gasteiger partial charge in [-0.25, -0.2) is 4.68 Å². The summed E-state index contributed by atoms with van der Waals surface area (Å²) in [5.41, 5.74) is 3.56. The maximum atomic E-state index is 13.1. The van der Waals surface area contributed by atoms with Crippen LogP contribution in [-0.4, -0.2) is 40.4 Å². The van der Waals surface area contributed by atoms with Crippen LogP contribution < -0.4 is 15.0 Å². The third kappa shape index (κ3) is 4.30. The number of amides is 1. The van der Waals surface area contributed by atoms with Crippen LogP contribution in [0.4, 0.5) is 10.8 Å². The molecule has 0 radical (unpaired) electrons. The highest BCUT2D eigenvalue weighted by Crippen LogP contribution is 2.35. The molecule has 8 heteroatoms. The van der Waals surface area contributed by atoms with E-state index in [9.17, 15) is 4.79 Å². The van der Waals surface area contributed by atoms with Crippen molar-refractivity contribution in [3.8, 4) is 11.4 Å². The first-order valence-corrected chi connectivity index (χ1v) is 12.1. The molecule has 0 saturated carbocycles. The number of thiazole rings is 1. The van der Waals surface area contributed by atoms with E-state index in [-0.39, 0.29) is 11.8 Å². The summed E-state index contributed by atoms with van der Waals surface area (Å²) in [4.78, 5) is 20.3. The highest BCUT2D eigenvalue weighted by Gasteiger charge is 2.29. The Balaban J connectivity index is 1.35. The minimum atomic E-state index is -0.104. The van der Waals surface area contributed by atoms with Gasteiger partial charge < -0.3 is 15.0 Å². The molecule has 2 aromatic heterocycles. The molecule has 1 fully saturated rings. The number of carbonyl (C=O) groups excluding carboxylic acids is 1. The number of nitrogens with zero attached hydrogens (tertiary/aromatic N) is 4. The van der Waals surface area contributed by atoms with Gasteiger partial charge in [-0.15, -0.1) is 0 Å². The Kier molecular flexibility index (Phi) is 6.00. The van der Waals surface area contributed by atoms with Gasteiger partial charge in [0.05, 0.1) is 34.3 Å². The first-order valence-electron chi connectivity index (χ1n) is 11.3. The number of carbonyl (C=O) groups is 1. The van der Waals surface area contributed by atoms with Crippen molar-refractivity contribution in [3.05, 3.63) is 60.3 Å². The number of anilines is 2. The van der Waals surface area contributed by atoms with Crippen molar-refractivity contribution in [1.29, 1.82) is 0 Å². The Bertz CT molecular complexity index is 1270. The van der Waals surface area contributed by atoms with E-state index in [2.05, 4.69) is 15.3 Å². The normalized spacial score (nSPS) is 16.2. The predicted molar refractivity (Wildman–Crippen MR) is 133 cm³/mol. The lowest BCUT2D eigenvalue weighted by molar-refractivity contribution is -0.120. The number of para-hydroxylation sites is 3. The second-order valence-corrected chi connectivity index (χ2v) is 9.16. The molecular weight excluding hydrogens is 434 g/mol. The van der Waals surface area contributed by atoms with Crippen molar-refractivity contribution in [2.45, 2.75) is 26.7 Å². The van der Waals surface area contributed by atoms with Crippen molar-refractivity contribution >= 4 is 38.4 Å². The van der Waals surface area contributed by atoms with Crippen molar-refractivity contribution in [3.63, 3.8) is 0 Å². The number of hydrogen-bond acceptors (Lipinski definition) is 6. The van der Waals surface area contributed by atoms with Gasteiger partial charge in [0.2, 0.25) is 5.91 Å². The van der Waals surface area contributed by atoms with Crippen LogP contribution in [-0.2, 0) is 4.79 Å². The van der Waals surface area contributed by atoms with Crippen molar-refractivity contribution in [2.75, 3.05) is 29.9 Å². The second kappa shape index (κ2) is 9.23. The zero-order chi connectivity index (χ0) is 22.8. The Labute approximate surface area is 197 Å². The molecule has 1 saturated heterocycles. The molecule has 170 valence electrons. The van der Waals surface area contributed by atoms with Crippen LogP contribution >= 0.6 is 11.3 Å². The van der Waals surface area contributed by atoms with E-state index in [4.69, 9.17) is 9.72 Å². The van der Waals surface area contributed by atoms with Gasteiger partial charge in [-0.3, -0.25) is 4.79 Å². The van der Waals surface area contributed by atoms with Gasteiger partial charge in [0, 0.05) is 13.1 Å². The zero-order valence-corrected chi connectivity index (χ0v) is 19.6. The summed E-state index contributed by atoms with van der Waals surface area (Å²) in [6.45, 7) is 6.06. The van der Waals surface area contributed by atoms with Gasteiger partial charge in [-0.05, 0) is 51.0 Å². The highest BCUT2D eigenvalue weighted by molar-refractivity contribution is 7.22. The third-order valence-corrected chi connectivity index (χ3v) is 7.10. The Morgan fingerprint density at radius 1 is 1.18 bits per heavy atom. The Hall–Kier alpha value is -3.39. The molecule has 1 amide bonds. The van der Waals surface area contributed by atoms with Crippen LogP contribution in [0, 0.1) is 12.8 Å². The standard InChI is InChI=1S/C25H27N5O2S/c1-3-32-21-14-8-7-13-20(21)26-24(31)18-10-9-15-29(16-18)25-27-23-22(33-25)17(2)28-30(23)19-11-5-4-6-12-19/h4-8,11-14,18H,3,9-10,15-16H2,1-2H3,(H,26,31). The molecule has 1 aliphatic rings. The lowest BCUT2D eigenvalue weighted by atomic mass is 9.97. The molecule has 0 bridgehead atoms. The minimum absolute atomic E-state index is 0.0274. The largest absolute Gasteiger partial charge is 0.492 e. The number of fused-ring (bicyclic) bond motifs is 1. The molecule has 5 rings (SSSR count). The molecule has 1 aliphatic heterocycles. The summed E-state index contributed by atoms with van der Waals surface area (Å²) >= 11 is 1.65. The van der Waals surface area contributed by atoms with Crippen LogP contribution in [0.25, 0.3) is 16.0 Å². The first kappa shape index (κ1) is 21.5. The molecule has 0 spiro atoms. The quantitative estimate of drug-likeness (QED) is 0.435. The maximum absolute atomic E-state index is 13.1. The highest BCUT2D eigenvalue weighted by atomic mass is 32.1. The summed E-state index contributed by atoms with van der Waals surface area (Å²) in [6, 6.07) is 17.7. The van der Waals surface area contributed by atoms with Gasteiger partial charge in [0.15, 0.2) is 10.8 Å². The topological polar surface area (TPSA) is 72.3 Å². The molecule has 33 heavy (non-hydrogen) atoms. The Morgan fingerprint density at radius 3 is 2.79 bits per heavy atom. The number of aromatic nitrogens is 3. The summed E-state index contributed by atoms with van der Waals surface area (Å²) in [7, 11) is 0. The van der Waals surface area contributed by atoms with Gasteiger partial charge >= 0.3 is 0 Å². The number of ether oxygens (including phenoxy) is 1. The van der Waals surface area contributed by atoms with Crippen LogP contribution in [0.3, 0.4) is 0 Å². The molecule has 1 N–H and O–H groups in total. The molecule has 0 aliphatic carbocycles. The van der Waals surface area contributed by atoms with Crippen LogP contribution in [0.2, 0.25) is 0 Å². The smallest absolute Gasteiger partial charge is 0.229 e. The number of rotatable bonds is 6. The molecule has 4 aromatic rings. The molecule has 7 nitrogen and oxygen atoms in total. The maximum Gasteiger partial charge on any atom is 0.229 e. The number of hydrogen-bond donors (Lipinski definition) is 1. The summed E-state index contributed by atoms with van der Waals surface area (Å²) in [6.07, 6.45) is 1.81. The molecule has 1 unspecified atom stereocenters. The van der Waals surface area contributed by atoms with E-state index in [0.29, 0.717) is 18.9 Å². The average molecular weight is 462 g/mol. The van der Waals surface area contributed by atoms with E-state index in [1.165, 1.54) is 0 Å². The first-order chi connectivity index (χ1) is 16.1. The van der Waals surface area contributed by atoms with Crippen LogP contribution in [0.5, 0.6) is 5.75 Å². The zero-order valence-electron chi connectivity index (χ0n) is 18.8. The average Bonchev–Trinajstić information content (AvgIpc) is 3.42. The van der Waals surface area contributed by atoms with Crippen LogP contribution in [0.15, 0.2) is 54.6 Å². The monoisotopic (exact) mass is 461 g/mol. The summed E-state index contributed by atoms with van der Waals surface area (Å²) in [5.74, 6) is 0.625. The van der Waals surface area contributed by atoms with Crippen molar-refractivity contribution < 1.29 is 9.53 Å². The number of piperidine rings is 1. The van der Waals surface area contributed by atoms with E-state index in [1.807, 2.05) is 73.1 Å². The number of benzene rings is 2. The number of aryl methyl sites for hydroxylation is 1. The van der Waals surface area contributed by atoms with E-state index in [1.54, 1.807) is 11.3 Å². The SMILES string of the molecule is CCOc1ccccc1NC(=O)C1CCCN(c2nc3c(s2)c(C)nn3-c2ccccc2)C1. The van der Waals surface area contributed by atoms with Crippen molar-refractivity contribution in [1.82, 2.24) is 14.8 Å². The molecule has 2 aromatic carbocycles. The summed E-state index contributed by atoms with van der Waals surface area (Å²) < 4.78 is 8.65. The minimum Gasteiger partial charge on any atom is -0.492 e. The van der Waals surface area contributed by atoms with Gasteiger partial charge in [0.25, 0.3) is 0 Å². The van der Waals surface area contributed by atoms with Gasteiger partial charge in [-0.2, -0.15) is 10.1 Å². The van der Waals surface area contributed by atoms with E-state index < -0.39 is 0 Å². The lowest BCUT2D eigenvalue weighted by Crippen LogP contribution is -2.40. The fourth-order valence-corrected chi connectivity index (χ4v) is 5.28. The van der Waals surface area contributed by atoms with Gasteiger partial charge in [0.1, 0.15) is 5.75 Å². The fourth-order valence-electron chi connectivity index (χ4n) is 4.26. The predicted octanol–water partition coefficient (Wildman–Crippen LogP) is 5.04. The van der Waals surface area contributed by atoms with E-state index in [0.717, 1.165) is 51.9 Å². The lowest BCUT2D eigenvalue weighted by Gasteiger charge is -2.31. The second-order valence-electron chi connectivity index (χ2n) is 8.19. The molecule has 1 atom stereocenters. The Morgan fingerprint density at radius 2 is 1.97 bits per heavy atom. The molecular formula is C25H27N5O2S. The van der Waals surface area contributed by atoms with Crippen molar-refractivity contribution in [2.24, 2.45) is 5.92 Å². The fraction of sp³-hybridized carbons (Fsp3) is 0.320. The number of nitrogens with one attached hydrogen (secondary N) is 1. The van der Waals surface area contributed by atoms with Crippen LogP contribution in [0.1, 0.15) is 25.5 Å². The van der Waals surface area contributed by atoms with E-state index >= 15 is 0 Å².